The third kappa shape index (κ3) is 6.92. The van der Waals surface area contributed by atoms with Crippen molar-refractivity contribution in [2.24, 2.45) is 5.92 Å². The summed E-state index contributed by atoms with van der Waals surface area (Å²) in [6.07, 6.45) is 5.06. The van der Waals surface area contributed by atoms with Gasteiger partial charge in [0.1, 0.15) is 0 Å². The molecule has 1 aliphatic carbocycles. The largest absolute Gasteiger partial charge is 0.391 e. The molecule has 1 aliphatic rings. The molecule has 0 amide bonds. The van der Waals surface area contributed by atoms with Crippen LogP contribution in [0.25, 0.3) is 0 Å². The Morgan fingerprint density at radius 1 is 1.28 bits per heavy atom. The van der Waals surface area contributed by atoms with E-state index in [-0.39, 0.29) is 18.7 Å². The van der Waals surface area contributed by atoms with Gasteiger partial charge in [0.05, 0.1) is 23.9 Å². The van der Waals surface area contributed by atoms with Crippen molar-refractivity contribution in [1.29, 1.82) is 5.26 Å². The Kier molecular flexibility index (Phi) is 7.65. The minimum Gasteiger partial charge on any atom is -0.391 e. The summed E-state index contributed by atoms with van der Waals surface area (Å²) in [5, 5.41) is 22.2. The molecule has 2 unspecified atom stereocenters. The van der Waals surface area contributed by atoms with Crippen molar-refractivity contribution in [3.8, 4) is 6.07 Å². The third-order valence-electron chi connectivity index (χ3n) is 4.96. The second-order valence-corrected chi connectivity index (χ2v) is 9.66. The fourth-order valence-corrected chi connectivity index (χ4v) is 5.63. The Balaban J connectivity index is 1.77. The standard InChI is InChI=1S/C19H29N2O3P/c1-15(18-9-7-16(11-20)8-10-18)21-12-19(22)14-25(23,24)13-17-5-3-2-4-6-17/h7-10,15,17,19,21-22H,2-6,12-14H2,1H3,(H,23,24)/t15?,19-/m1/s1. The number of nitriles is 1. The molecule has 138 valence electrons. The summed E-state index contributed by atoms with van der Waals surface area (Å²) in [5.41, 5.74) is 1.63. The van der Waals surface area contributed by atoms with E-state index in [1.807, 2.05) is 19.1 Å². The van der Waals surface area contributed by atoms with E-state index < -0.39 is 13.5 Å². The van der Waals surface area contributed by atoms with Crippen LogP contribution in [0.3, 0.4) is 0 Å². The summed E-state index contributed by atoms with van der Waals surface area (Å²) in [7, 11) is -3.29. The molecule has 3 N–H and O–H groups in total. The van der Waals surface area contributed by atoms with Crippen LogP contribution >= 0.6 is 7.37 Å². The molecule has 1 fully saturated rings. The van der Waals surface area contributed by atoms with Crippen LogP contribution in [0.5, 0.6) is 0 Å². The van der Waals surface area contributed by atoms with Gasteiger partial charge >= 0.3 is 0 Å². The van der Waals surface area contributed by atoms with E-state index in [0.717, 1.165) is 31.2 Å². The van der Waals surface area contributed by atoms with Crippen LogP contribution in [0.15, 0.2) is 24.3 Å². The molecule has 25 heavy (non-hydrogen) atoms. The fourth-order valence-electron chi connectivity index (χ4n) is 3.52. The van der Waals surface area contributed by atoms with Crippen molar-refractivity contribution in [3.63, 3.8) is 0 Å². The second-order valence-electron chi connectivity index (χ2n) is 7.23. The molecule has 5 nitrogen and oxygen atoms in total. The first-order valence-corrected chi connectivity index (χ1v) is 11.1. The summed E-state index contributed by atoms with van der Waals surface area (Å²) in [4.78, 5) is 10.2. The summed E-state index contributed by atoms with van der Waals surface area (Å²) in [6.45, 7) is 2.24. The Labute approximate surface area is 150 Å². The van der Waals surface area contributed by atoms with E-state index >= 15 is 0 Å². The van der Waals surface area contributed by atoms with Crippen LogP contribution < -0.4 is 5.32 Å². The maximum atomic E-state index is 12.4. The molecule has 0 bridgehead atoms. The van der Waals surface area contributed by atoms with Crippen molar-refractivity contribution in [3.05, 3.63) is 35.4 Å². The molecule has 2 rings (SSSR count). The van der Waals surface area contributed by atoms with E-state index in [1.165, 1.54) is 6.42 Å². The maximum Gasteiger partial charge on any atom is 0.203 e. The summed E-state index contributed by atoms with van der Waals surface area (Å²) < 4.78 is 12.4. The first-order valence-electron chi connectivity index (χ1n) is 9.12. The first kappa shape index (κ1) is 20.1. The Morgan fingerprint density at radius 3 is 2.52 bits per heavy atom. The highest BCUT2D eigenvalue weighted by Gasteiger charge is 2.28. The van der Waals surface area contributed by atoms with Crippen molar-refractivity contribution < 1.29 is 14.6 Å². The van der Waals surface area contributed by atoms with Gasteiger partial charge in [-0.2, -0.15) is 5.26 Å². The normalized spacial score (nSPS) is 20.4. The van der Waals surface area contributed by atoms with Crippen LogP contribution in [0.1, 0.15) is 56.2 Å². The molecule has 1 saturated carbocycles. The van der Waals surface area contributed by atoms with Crippen LogP contribution in [0.4, 0.5) is 0 Å². The Morgan fingerprint density at radius 2 is 1.92 bits per heavy atom. The summed E-state index contributed by atoms with van der Waals surface area (Å²) in [5.74, 6) is 0.335. The Bertz CT molecular complexity index is 621. The van der Waals surface area contributed by atoms with Crippen molar-refractivity contribution >= 4 is 7.37 Å². The molecule has 0 saturated heterocycles. The molecular weight excluding hydrogens is 335 g/mol. The number of rotatable bonds is 8. The lowest BCUT2D eigenvalue weighted by Crippen LogP contribution is -2.32. The van der Waals surface area contributed by atoms with Crippen molar-refractivity contribution in [1.82, 2.24) is 5.32 Å². The van der Waals surface area contributed by atoms with Crippen LogP contribution in [-0.2, 0) is 4.57 Å². The average Bonchev–Trinajstić information content (AvgIpc) is 2.59. The van der Waals surface area contributed by atoms with Gasteiger partial charge in [-0.3, -0.25) is 4.57 Å². The highest BCUT2D eigenvalue weighted by atomic mass is 31.2. The van der Waals surface area contributed by atoms with Gasteiger partial charge in [0.25, 0.3) is 0 Å². The topological polar surface area (TPSA) is 93.3 Å². The smallest absolute Gasteiger partial charge is 0.203 e. The summed E-state index contributed by atoms with van der Waals surface area (Å²) in [6, 6.07) is 9.36. The van der Waals surface area contributed by atoms with E-state index in [1.54, 1.807) is 12.1 Å². The molecule has 0 spiro atoms. The van der Waals surface area contributed by atoms with E-state index in [2.05, 4.69) is 11.4 Å². The number of hydrogen-bond acceptors (Lipinski definition) is 4. The highest BCUT2D eigenvalue weighted by molar-refractivity contribution is 7.58. The number of aliphatic hydroxyl groups is 1. The number of aliphatic hydroxyl groups excluding tert-OH is 1. The van der Waals surface area contributed by atoms with Gasteiger partial charge in [-0.25, -0.2) is 0 Å². The lowest BCUT2D eigenvalue weighted by molar-refractivity contribution is 0.186. The van der Waals surface area contributed by atoms with Crippen LogP contribution in [0, 0.1) is 17.2 Å². The van der Waals surface area contributed by atoms with Crippen molar-refractivity contribution in [2.75, 3.05) is 18.9 Å². The molecule has 6 heteroatoms. The predicted octanol–water partition coefficient (Wildman–Crippen LogP) is 3.42. The number of nitrogens with one attached hydrogen (secondary N) is 1. The van der Waals surface area contributed by atoms with Gasteiger partial charge in [-0.1, -0.05) is 31.4 Å². The quantitative estimate of drug-likeness (QED) is 0.615. The minimum absolute atomic E-state index is 0.00110. The molecule has 0 aliphatic heterocycles. The third-order valence-corrected chi connectivity index (χ3v) is 7.04. The number of hydrogen-bond donors (Lipinski definition) is 3. The van der Waals surface area contributed by atoms with Gasteiger partial charge in [0.15, 0.2) is 0 Å². The zero-order chi connectivity index (χ0) is 18.3. The molecule has 3 atom stereocenters. The molecule has 0 heterocycles. The van der Waals surface area contributed by atoms with Gasteiger partial charge in [0.2, 0.25) is 7.37 Å². The van der Waals surface area contributed by atoms with Gasteiger partial charge in [-0.15, -0.1) is 0 Å². The average molecular weight is 364 g/mol. The van der Waals surface area contributed by atoms with Crippen LogP contribution in [0.2, 0.25) is 0 Å². The second kappa shape index (κ2) is 9.50. The zero-order valence-corrected chi connectivity index (χ0v) is 15.8. The maximum absolute atomic E-state index is 12.4. The molecule has 0 radical (unpaired) electrons. The molecule has 1 aromatic rings. The molecular formula is C19H29N2O3P. The predicted molar refractivity (Wildman–Crippen MR) is 99.7 cm³/mol. The lowest BCUT2D eigenvalue weighted by atomic mass is 9.91. The molecule has 1 aromatic carbocycles. The van der Waals surface area contributed by atoms with Gasteiger partial charge in [0, 0.05) is 18.7 Å². The van der Waals surface area contributed by atoms with Gasteiger partial charge in [-0.05, 0) is 43.4 Å². The fraction of sp³-hybridized carbons (Fsp3) is 0.632. The van der Waals surface area contributed by atoms with Crippen molar-refractivity contribution in [2.45, 2.75) is 51.2 Å². The monoisotopic (exact) mass is 364 g/mol. The van der Waals surface area contributed by atoms with Gasteiger partial charge < -0.3 is 15.3 Å². The first-order chi connectivity index (χ1) is 11.9. The zero-order valence-electron chi connectivity index (χ0n) is 14.9. The molecule has 0 aromatic heterocycles. The van der Waals surface area contributed by atoms with Crippen LogP contribution in [-0.4, -0.2) is 35.0 Å². The Hall–Kier alpha value is -1.18. The summed E-state index contributed by atoms with van der Waals surface area (Å²) >= 11 is 0. The SMILES string of the molecule is CC(NC[C@@H](O)CP(=O)(O)CC1CCCCC1)c1ccc(C#N)cc1. The van der Waals surface area contributed by atoms with E-state index in [4.69, 9.17) is 5.26 Å². The lowest BCUT2D eigenvalue weighted by Gasteiger charge is -2.25. The highest BCUT2D eigenvalue weighted by Crippen LogP contribution is 2.45. The van der Waals surface area contributed by atoms with E-state index in [0.29, 0.717) is 17.6 Å². The minimum atomic E-state index is -3.29. The number of nitrogens with zero attached hydrogens (tertiary/aromatic N) is 1. The number of benzene rings is 1. The van der Waals surface area contributed by atoms with E-state index in [9.17, 15) is 14.6 Å².